The molecule has 26 heavy (non-hydrogen) atoms. The highest BCUT2D eigenvalue weighted by Crippen LogP contribution is 2.27. The number of aliphatic imine (C=N–C) groups is 1. The average molecular weight is 350 g/mol. The standard InChI is InChI=1S/C19H22N6O/c20-9-13-8-12(3-6-16(13)21)18(22)24-19(17-2-1-7-23-17)25-10-14-4-5-15(11-25)26-14/h1-3,6-9,14-15,20,22-23H,4-5,10-11,21H2/b20-9?,22-18?,24-19+/t14-,15?/m1/s1. The fraction of sp³-hybridized carbons (Fsp3) is 0.316. The molecule has 2 atom stereocenters. The van der Waals surface area contributed by atoms with Crippen molar-refractivity contribution >= 4 is 23.6 Å². The topological polar surface area (TPSA) is 114 Å². The van der Waals surface area contributed by atoms with E-state index in [2.05, 4.69) is 14.9 Å². The van der Waals surface area contributed by atoms with Gasteiger partial charge >= 0.3 is 0 Å². The Morgan fingerprint density at radius 3 is 2.69 bits per heavy atom. The molecule has 0 amide bonds. The molecule has 2 fully saturated rings. The quantitative estimate of drug-likeness (QED) is 0.386. The second kappa shape index (κ2) is 6.76. The number of ether oxygens (including phenoxy) is 1. The summed E-state index contributed by atoms with van der Waals surface area (Å²) in [5.41, 5.74) is 8.49. The van der Waals surface area contributed by atoms with E-state index in [-0.39, 0.29) is 18.0 Å². The van der Waals surface area contributed by atoms with Crippen LogP contribution in [0.3, 0.4) is 0 Å². The third-order valence-corrected chi connectivity index (χ3v) is 4.92. The zero-order valence-electron chi connectivity index (χ0n) is 14.4. The highest BCUT2D eigenvalue weighted by Gasteiger charge is 2.35. The van der Waals surface area contributed by atoms with E-state index in [0.717, 1.165) is 37.5 Å². The SMILES string of the molecule is N=Cc1cc(C(=N)/N=C(\c2ccc[nH]2)N2CC3CC[C@H](C2)O3)ccc1N. The molecule has 1 unspecified atom stereocenters. The number of nitrogens with one attached hydrogen (secondary N) is 3. The third-order valence-electron chi connectivity index (χ3n) is 4.92. The molecule has 0 spiro atoms. The maximum absolute atomic E-state index is 8.46. The number of anilines is 1. The van der Waals surface area contributed by atoms with Crippen LogP contribution < -0.4 is 5.73 Å². The lowest BCUT2D eigenvalue weighted by Crippen LogP contribution is -2.46. The Hall–Kier alpha value is -2.93. The van der Waals surface area contributed by atoms with Gasteiger partial charge < -0.3 is 25.8 Å². The van der Waals surface area contributed by atoms with Crippen molar-refractivity contribution < 1.29 is 4.74 Å². The summed E-state index contributed by atoms with van der Waals surface area (Å²) >= 11 is 0. The molecule has 4 rings (SSSR count). The number of fused-ring (bicyclic) bond motifs is 2. The molecule has 2 bridgehead atoms. The first-order chi connectivity index (χ1) is 12.6. The van der Waals surface area contributed by atoms with Gasteiger partial charge in [0.25, 0.3) is 0 Å². The van der Waals surface area contributed by atoms with Gasteiger partial charge in [-0.2, -0.15) is 0 Å². The van der Waals surface area contributed by atoms with Gasteiger partial charge in [0.1, 0.15) is 0 Å². The van der Waals surface area contributed by atoms with Crippen LogP contribution in [0.4, 0.5) is 5.69 Å². The van der Waals surface area contributed by atoms with Gasteiger partial charge in [-0.05, 0) is 43.2 Å². The van der Waals surface area contributed by atoms with Crippen LogP contribution in [0.5, 0.6) is 0 Å². The summed E-state index contributed by atoms with van der Waals surface area (Å²) in [6.07, 6.45) is 5.70. The van der Waals surface area contributed by atoms with E-state index < -0.39 is 0 Å². The highest BCUT2D eigenvalue weighted by atomic mass is 16.5. The Bertz CT molecular complexity index is 845. The van der Waals surface area contributed by atoms with Crippen LogP contribution in [0.15, 0.2) is 41.5 Å². The largest absolute Gasteiger partial charge is 0.398 e. The Kier molecular flexibility index (Phi) is 4.30. The van der Waals surface area contributed by atoms with Gasteiger partial charge in [0.2, 0.25) is 0 Å². The fourth-order valence-corrected chi connectivity index (χ4v) is 3.58. The summed E-state index contributed by atoms with van der Waals surface area (Å²) < 4.78 is 5.93. The van der Waals surface area contributed by atoms with Crippen LogP contribution in [-0.2, 0) is 4.74 Å². The number of hydrogen-bond donors (Lipinski definition) is 4. The van der Waals surface area contributed by atoms with Crippen molar-refractivity contribution in [1.82, 2.24) is 9.88 Å². The van der Waals surface area contributed by atoms with E-state index in [1.807, 2.05) is 18.3 Å². The van der Waals surface area contributed by atoms with Gasteiger partial charge in [0, 0.05) is 42.3 Å². The normalized spacial score (nSPS) is 22.5. The molecule has 2 aromatic rings. The first kappa shape index (κ1) is 16.5. The molecule has 1 aromatic heterocycles. The Balaban J connectivity index is 1.67. The third kappa shape index (κ3) is 3.13. The first-order valence-corrected chi connectivity index (χ1v) is 8.76. The molecule has 2 saturated heterocycles. The molecule has 0 saturated carbocycles. The molecule has 134 valence electrons. The molecule has 5 N–H and O–H groups in total. The van der Waals surface area contributed by atoms with E-state index >= 15 is 0 Å². The summed E-state index contributed by atoms with van der Waals surface area (Å²) in [5, 5.41) is 15.9. The van der Waals surface area contributed by atoms with Crippen molar-refractivity contribution in [2.45, 2.75) is 25.0 Å². The van der Waals surface area contributed by atoms with Gasteiger partial charge in [-0.25, -0.2) is 4.99 Å². The number of hydrogen-bond acceptors (Lipinski definition) is 4. The number of aromatic amines is 1. The minimum atomic E-state index is 0.150. The lowest BCUT2D eigenvalue weighted by molar-refractivity contribution is -0.0155. The summed E-state index contributed by atoms with van der Waals surface area (Å²) in [4.78, 5) is 10.1. The maximum atomic E-state index is 8.46. The van der Waals surface area contributed by atoms with E-state index in [1.165, 1.54) is 6.21 Å². The first-order valence-electron chi connectivity index (χ1n) is 8.76. The van der Waals surface area contributed by atoms with Crippen LogP contribution in [0.25, 0.3) is 0 Å². The number of nitrogens with two attached hydrogens (primary N) is 1. The van der Waals surface area contributed by atoms with Crippen molar-refractivity contribution in [1.29, 1.82) is 10.8 Å². The zero-order chi connectivity index (χ0) is 18.1. The lowest BCUT2D eigenvalue weighted by Gasteiger charge is -2.34. The Labute approximate surface area is 151 Å². The molecular weight excluding hydrogens is 328 g/mol. The summed E-state index contributed by atoms with van der Waals surface area (Å²) in [5.74, 6) is 0.907. The predicted octanol–water partition coefficient (Wildman–Crippen LogP) is 2.23. The van der Waals surface area contributed by atoms with Crippen LogP contribution in [0.1, 0.15) is 29.7 Å². The monoisotopic (exact) mass is 350 g/mol. The molecule has 2 aliphatic heterocycles. The minimum absolute atomic E-state index is 0.150. The lowest BCUT2D eigenvalue weighted by atomic mass is 10.1. The number of nitrogen functional groups attached to an aromatic ring is 1. The van der Waals surface area contributed by atoms with Crippen LogP contribution in [0.2, 0.25) is 0 Å². The van der Waals surface area contributed by atoms with Crippen molar-refractivity contribution in [3.63, 3.8) is 0 Å². The van der Waals surface area contributed by atoms with E-state index in [9.17, 15) is 0 Å². The van der Waals surface area contributed by atoms with Gasteiger partial charge in [0.15, 0.2) is 11.7 Å². The average Bonchev–Trinajstić information content (AvgIpc) is 3.29. The molecule has 2 aliphatic rings. The number of H-pyrrole nitrogens is 1. The van der Waals surface area contributed by atoms with Crippen LogP contribution in [-0.4, -0.2) is 53.1 Å². The molecule has 1 aromatic carbocycles. The molecule has 0 radical (unpaired) electrons. The maximum Gasteiger partial charge on any atom is 0.155 e. The van der Waals surface area contributed by atoms with Gasteiger partial charge in [-0.1, -0.05) is 0 Å². The van der Waals surface area contributed by atoms with Crippen LogP contribution >= 0.6 is 0 Å². The fourth-order valence-electron chi connectivity index (χ4n) is 3.58. The summed E-state index contributed by atoms with van der Waals surface area (Å²) in [7, 11) is 0. The van der Waals surface area contributed by atoms with E-state index in [0.29, 0.717) is 16.8 Å². The number of morpholine rings is 1. The van der Waals surface area contributed by atoms with Crippen molar-refractivity contribution in [3.05, 3.63) is 53.3 Å². The second-order valence-corrected chi connectivity index (χ2v) is 6.72. The molecule has 3 heterocycles. The van der Waals surface area contributed by atoms with Crippen molar-refractivity contribution in [2.75, 3.05) is 18.8 Å². The second-order valence-electron chi connectivity index (χ2n) is 6.72. The number of amidine groups is 2. The van der Waals surface area contributed by atoms with Crippen molar-refractivity contribution in [2.24, 2.45) is 4.99 Å². The molecular formula is C19H22N6O. The molecule has 7 heteroatoms. The highest BCUT2D eigenvalue weighted by molar-refractivity contribution is 6.10. The number of rotatable bonds is 3. The van der Waals surface area contributed by atoms with E-state index in [1.54, 1.807) is 18.2 Å². The van der Waals surface area contributed by atoms with Gasteiger partial charge in [0.05, 0.1) is 17.9 Å². The van der Waals surface area contributed by atoms with Gasteiger partial charge in [-0.15, -0.1) is 0 Å². The predicted molar refractivity (Wildman–Crippen MR) is 102 cm³/mol. The van der Waals surface area contributed by atoms with Crippen molar-refractivity contribution in [3.8, 4) is 0 Å². The summed E-state index contributed by atoms with van der Waals surface area (Å²) in [6.45, 7) is 1.57. The molecule has 0 aliphatic carbocycles. The molecule has 7 nitrogen and oxygen atoms in total. The zero-order valence-corrected chi connectivity index (χ0v) is 14.4. The van der Waals surface area contributed by atoms with E-state index in [4.69, 9.17) is 21.3 Å². The number of likely N-dealkylation sites (tertiary alicyclic amines) is 1. The van der Waals surface area contributed by atoms with Gasteiger partial charge in [-0.3, -0.25) is 5.41 Å². The minimum Gasteiger partial charge on any atom is -0.398 e. The van der Waals surface area contributed by atoms with Crippen LogP contribution in [0, 0.1) is 10.8 Å². The number of aromatic nitrogens is 1. The number of nitrogens with zero attached hydrogens (tertiary/aromatic N) is 2. The Morgan fingerprint density at radius 2 is 2.04 bits per heavy atom. The number of benzene rings is 1. The Morgan fingerprint density at radius 1 is 1.27 bits per heavy atom. The smallest absolute Gasteiger partial charge is 0.155 e. The summed E-state index contributed by atoms with van der Waals surface area (Å²) in [6, 6.07) is 9.10.